The first-order valence-corrected chi connectivity index (χ1v) is 14.1. The summed E-state index contributed by atoms with van der Waals surface area (Å²) < 4.78 is 0. The maximum absolute atomic E-state index is 13.4. The highest BCUT2D eigenvalue weighted by atomic mass is 16.3. The van der Waals surface area contributed by atoms with E-state index in [9.17, 15) is 25.2 Å². The number of fused-ring (bicyclic) bond motifs is 5. The SMILES string of the molecule is CC[C@@H](C(C)C)C(O)C(O)[C@@H](C)[C@H]1CC[C@H]2[C@@H]3CC(=O)C4(O)CC(O)CC[C@]4(C)[C@H]3CC[C@]12C. The number of hydrogen-bond acceptors (Lipinski definition) is 5. The van der Waals surface area contributed by atoms with Gasteiger partial charge in [-0.2, -0.15) is 0 Å². The van der Waals surface area contributed by atoms with E-state index in [0.717, 1.165) is 32.1 Å². The van der Waals surface area contributed by atoms with Crippen LogP contribution in [0.1, 0.15) is 99.3 Å². The molecule has 12 atom stereocenters. The third-order valence-electron chi connectivity index (χ3n) is 12.0. The molecule has 4 N–H and O–H groups in total. The summed E-state index contributed by atoms with van der Waals surface area (Å²) in [6, 6.07) is 0. The zero-order valence-corrected chi connectivity index (χ0v) is 22.3. The van der Waals surface area contributed by atoms with Crippen molar-refractivity contribution >= 4 is 5.78 Å². The van der Waals surface area contributed by atoms with Gasteiger partial charge in [0, 0.05) is 18.3 Å². The monoisotopic (exact) mass is 478 g/mol. The number of aliphatic hydroxyl groups is 4. The maximum Gasteiger partial charge on any atom is 0.165 e. The number of carbonyl (C=O) groups is 1. The highest BCUT2D eigenvalue weighted by Gasteiger charge is 2.67. The molecule has 0 aromatic carbocycles. The summed E-state index contributed by atoms with van der Waals surface area (Å²) in [6.07, 6.45) is 4.92. The van der Waals surface area contributed by atoms with E-state index in [2.05, 4.69) is 41.5 Å². The van der Waals surface area contributed by atoms with E-state index in [0.29, 0.717) is 42.9 Å². The van der Waals surface area contributed by atoms with E-state index in [4.69, 9.17) is 0 Å². The van der Waals surface area contributed by atoms with Gasteiger partial charge in [-0.15, -0.1) is 0 Å². The summed E-state index contributed by atoms with van der Waals surface area (Å²) in [7, 11) is 0. The molecule has 34 heavy (non-hydrogen) atoms. The highest BCUT2D eigenvalue weighted by Crippen LogP contribution is 2.68. The predicted octanol–water partition coefficient (Wildman–Crippen LogP) is 4.34. The number of rotatable bonds is 6. The van der Waals surface area contributed by atoms with Gasteiger partial charge in [-0.3, -0.25) is 4.79 Å². The lowest BCUT2D eigenvalue weighted by Crippen LogP contribution is -2.67. The minimum absolute atomic E-state index is 0.00555. The van der Waals surface area contributed by atoms with Crippen LogP contribution < -0.4 is 0 Å². The summed E-state index contributed by atoms with van der Waals surface area (Å²) in [4.78, 5) is 13.4. The molecule has 4 unspecified atom stereocenters. The van der Waals surface area contributed by atoms with E-state index in [-0.39, 0.29) is 35.4 Å². The summed E-state index contributed by atoms with van der Waals surface area (Å²) in [5.74, 6) is 1.66. The van der Waals surface area contributed by atoms with Crippen molar-refractivity contribution in [2.75, 3.05) is 0 Å². The van der Waals surface area contributed by atoms with Crippen LogP contribution in [0.15, 0.2) is 0 Å². The summed E-state index contributed by atoms with van der Waals surface area (Å²) in [5.41, 5.74) is -1.81. The van der Waals surface area contributed by atoms with Crippen LogP contribution in [0.2, 0.25) is 0 Å². The molecule has 196 valence electrons. The summed E-state index contributed by atoms with van der Waals surface area (Å²) in [5, 5.41) is 44.1. The largest absolute Gasteiger partial charge is 0.393 e. The van der Waals surface area contributed by atoms with Crippen molar-refractivity contribution in [2.45, 2.75) is 123 Å². The van der Waals surface area contributed by atoms with Crippen molar-refractivity contribution < 1.29 is 25.2 Å². The fourth-order valence-electron chi connectivity index (χ4n) is 9.83. The van der Waals surface area contributed by atoms with E-state index >= 15 is 0 Å². The minimum atomic E-state index is -1.39. The van der Waals surface area contributed by atoms with Gasteiger partial charge in [0.1, 0.15) is 5.60 Å². The number of carbonyl (C=O) groups excluding carboxylic acids is 1. The van der Waals surface area contributed by atoms with Crippen LogP contribution in [0.3, 0.4) is 0 Å². The Bertz CT molecular complexity index is 768. The number of aliphatic hydroxyl groups excluding tert-OH is 3. The van der Waals surface area contributed by atoms with Crippen LogP contribution in [0.4, 0.5) is 0 Å². The molecule has 4 rings (SSSR count). The van der Waals surface area contributed by atoms with Gasteiger partial charge in [0.05, 0.1) is 18.3 Å². The predicted molar refractivity (Wildman–Crippen MR) is 133 cm³/mol. The Kier molecular flexibility index (Phi) is 7.12. The Labute approximate surface area is 206 Å². The first-order chi connectivity index (χ1) is 15.8. The average Bonchev–Trinajstić information content (AvgIpc) is 3.12. The van der Waals surface area contributed by atoms with Crippen molar-refractivity contribution in [1.29, 1.82) is 0 Å². The average molecular weight is 479 g/mol. The van der Waals surface area contributed by atoms with Crippen molar-refractivity contribution in [3.63, 3.8) is 0 Å². The number of Topliss-reactive ketones (excluding diaryl/α,β-unsaturated/α-hetero) is 1. The zero-order chi connectivity index (χ0) is 25.2. The van der Waals surface area contributed by atoms with Gasteiger partial charge in [-0.1, -0.05) is 48.0 Å². The first kappa shape index (κ1) is 26.6. The normalized spacial score (nSPS) is 48.0. The summed E-state index contributed by atoms with van der Waals surface area (Å²) in [6.45, 7) is 12.9. The molecular weight excluding hydrogens is 428 g/mol. The van der Waals surface area contributed by atoms with E-state index in [1.165, 1.54) is 0 Å². The van der Waals surface area contributed by atoms with E-state index < -0.39 is 29.3 Å². The molecule has 0 amide bonds. The van der Waals surface area contributed by atoms with Crippen LogP contribution in [-0.2, 0) is 4.79 Å². The summed E-state index contributed by atoms with van der Waals surface area (Å²) >= 11 is 0. The lowest BCUT2D eigenvalue weighted by Gasteiger charge is -2.63. The Hall–Kier alpha value is -0.490. The van der Waals surface area contributed by atoms with Gasteiger partial charge in [-0.25, -0.2) is 0 Å². The number of ketones is 1. The molecule has 5 nitrogen and oxygen atoms in total. The fraction of sp³-hybridized carbons (Fsp3) is 0.966. The zero-order valence-electron chi connectivity index (χ0n) is 22.3. The topological polar surface area (TPSA) is 98.0 Å². The molecule has 0 spiro atoms. The van der Waals surface area contributed by atoms with Gasteiger partial charge in [0.25, 0.3) is 0 Å². The van der Waals surface area contributed by atoms with Gasteiger partial charge >= 0.3 is 0 Å². The Morgan fingerprint density at radius 1 is 0.971 bits per heavy atom. The third kappa shape index (κ3) is 3.74. The molecular formula is C29H50O5. The Morgan fingerprint density at radius 2 is 1.65 bits per heavy atom. The fourth-order valence-corrected chi connectivity index (χ4v) is 9.83. The molecule has 0 aromatic rings. The smallest absolute Gasteiger partial charge is 0.165 e. The molecule has 4 aliphatic rings. The van der Waals surface area contributed by atoms with Gasteiger partial charge < -0.3 is 20.4 Å². The molecule has 0 heterocycles. The second-order valence-electron chi connectivity index (χ2n) is 13.6. The van der Waals surface area contributed by atoms with Crippen molar-refractivity contribution in [2.24, 2.45) is 52.3 Å². The van der Waals surface area contributed by atoms with Gasteiger partial charge in [0.15, 0.2) is 5.78 Å². The Balaban J connectivity index is 1.57. The van der Waals surface area contributed by atoms with Crippen LogP contribution in [-0.4, -0.2) is 50.1 Å². The first-order valence-electron chi connectivity index (χ1n) is 14.1. The second kappa shape index (κ2) is 9.11. The quantitative estimate of drug-likeness (QED) is 0.455. The van der Waals surface area contributed by atoms with Crippen molar-refractivity contribution in [3.05, 3.63) is 0 Å². The number of hydrogen-bond donors (Lipinski definition) is 4. The van der Waals surface area contributed by atoms with Gasteiger partial charge in [-0.05, 0) is 85.4 Å². The van der Waals surface area contributed by atoms with Crippen LogP contribution >= 0.6 is 0 Å². The molecule has 4 aliphatic carbocycles. The van der Waals surface area contributed by atoms with Crippen molar-refractivity contribution in [3.8, 4) is 0 Å². The molecule has 5 heteroatoms. The molecule has 0 bridgehead atoms. The van der Waals surface area contributed by atoms with E-state index in [1.807, 2.05) is 0 Å². The molecule has 0 saturated heterocycles. The van der Waals surface area contributed by atoms with Gasteiger partial charge in [0.2, 0.25) is 0 Å². The minimum Gasteiger partial charge on any atom is -0.393 e. The molecule has 0 aliphatic heterocycles. The van der Waals surface area contributed by atoms with E-state index in [1.54, 1.807) is 0 Å². The molecule has 4 saturated carbocycles. The van der Waals surface area contributed by atoms with Crippen LogP contribution in [0.5, 0.6) is 0 Å². The highest BCUT2D eigenvalue weighted by molar-refractivity contribution is 5.89. The molecule has 4 fully saturated rings. The lowest BCUT2D eigenvalue weighted by atomic mass is 9.42. The second-order valence-corrected chi connectivity index (χ2v) is 13.6. The standard InChI is InChI=1S/C29H50O5/c1-7-19(16(2)3)26(33)25(32)17(4)21-8-9-22-20-14-24(31)29(34)15-18(30)10-13-28(29,6)23(20)11-12-27(21,22)5/h16-23,25-26,30,32-34H,7-15H2,1-6H3/t17-,18?,19-,20-,21+,22-,23-,25?,26?,27+,28+,29?/m0/s1. The lowest BCUT2D eigenvalue weighted by molar-refractivity contribution is -0.214. The molecule has 0 aromatic heterocycles. The van der Waals surface area contributed by atoms with Crippen LogP contribution in [0.25, 0.3) is 0 Å². The van der Waals surface area contributed by atoms with Crippen LogP contribution in [0, 0.1) is 52.3 Å². The van der Waals surface area contributed by atoms with Crippen molar-refractivity contribution in [1.82, 2.24) is 0 Å². The third-order valence-corrected chi connectivity index (χ3v) is 12.0. The maximum atomic E-state index is 13.4. The molecule has 0 radical (unpaired) electrons. The Morgan fingerprint density at radius 3 is 2.26 bits per heavy atom.